The summed E-state index contributed by atoms with van der Waals surface area (Å²) in [6.45, 7) is 0. The van der Waals surface area contributed by atoms with E-state index in [9.17, 15) is 9.59 Å². The molecule has 0 aliphatic heterocycles. The maximum absolute atomic E-state index is 12.2. The van der Waals surface area contributed by atoms with Gasteiger partial charge in [0.25, 0.3) is 5.91 Å². The number of halogens is 1. The molecule has 0 aromatic heterocycles. The molecule has 0 bridgehead atoms. The van der Waals surface area contributed by atoms with E-state index in [1.807, 2.05) is 30.3 Å². The second kappa shape index (κ2) is 7.75. The van der Waals surface area contributed by atoms with E-state index in [0.29, 0.717) is 12.0 Å². The van der Waals surface area contributed by atoms with E-state index >= 15 is 0 Å². The summed E-state index contributed by atoms with van der Waals surface area (Å²) in [5.41, 5.74) is 1.43. The number of carbonyl (C=O) groups is 2. The summed E-state index contributed by atoms with van der Waals surface area (Å²) in [6.07, 6.45) is 0.354. The minimum atomic E-state index is -0.739. The van der Waals surface area contributed by atoms with Gasteiger partial charge < -0.3 is 10.1 Å². The predicted octanol–water partition coefficient (Wildman–Crippen LogP) is 2.96. The molecule has 1 N–H and O–H groups in total. The first-order valence-corrected chi connectivity index (χ1v) is 7.58. The normalized spacial score (nSPS) is 11.5. The fraction of sp³-hybridized carbons (Fsp3) is 0.176. The molecule has 1 amide bonds. The van der Waals surface area contributed by atoms with Crippen LogP contribution < -0.4 is 5.32 Å². The number of methoxy groups -OCH3 is 1. The highest BCUT2D eigenvalue weighted by Crippen LogP contribution is 2.18. The first-order chi connectivity index (χ1) is 10.6. The second-order valence-electron chi connectivity index (χ2n) is 4.71. The third-order valence-electron chi connectivity index (χ3n) is 3.21. The van der Waals surface area contributed by atoms with Gasteiger partial charge in [-0.05, 0) is 23.8 Å². The van der Waals surface area contributed by atoms with Crippen LogP contribution in [0.15, 0.2) is 59.1 Å². The lowest BCUT2D eigenvalue weighted by molar-refractivity contribution is -0.142. The van der Waals surface area contributed by atoms with Crippen LogP contribution in [0.25, 0.3) is 0 Å². The van der Waals surface area contributed by atoms with Gasteiger partial charge in [-0.25, -0.2) is 4.79 Å². The summed E-state index contributed by atoms with van der Waals surface area (Å²) < 4.78 is 5.68. The Morgan fingerprint density at radius 1 is 1.09 bits per heavy atom. The molecule has 0 unspecified atom stereocenters. The monoisotopic (exact) mass is 361 g/mol. The molecule has 2 aromatic rings. The zero-order valence-electron chi connectivity index (χ0n) is 12.1. The van der Waals surface area contributed by atoms with Crippen molar-refractivity contribution in [3.8, 4) is 0 Å². The van der Waals surface area contributed by atoms with Gasteiger partial charge in [0.15, 0.2) is 0 Å². The van der Waals surface area contributed by atoms with Crippen LogP contribution in [-0.2, 0) is 16.0 Å². The van der Waals surface area contributed by atoms with Crippen LogP contribution >= 0.6 is 15.9 Å². The van der Waals surface area contributed by atoms with Crippen LogP contribution in [0.5, 0.6) is 0 Å². The van der Waals surface area contributed by atoms with Gasteiger partial charge in [0.1, 0.15) is 6.04 Å². The van der Waals surface area contributed by atoms with Crippen LogP contribution in [-0.4, -0.2) is 25.0 Å². The highest BCUT2D eigenvalue weighted by Gasteiger charge is 2.23. The van der Waals surface area contributed by atoms with Crippen molar-refractivity contribution >= 4 is 27.8 Å². The average molecular weight is 362 g/mol. The zero-order valence-corrected chi connectivity index (χ0v) is 13.7. The minimum absolute atomic E-state index is 0.303. The van der Waals surface area contributed by atoms with Crippen molar-refractivity contribution in [2.75, 3.05) is 7.11 Å². The lowest BCUT2D eigenvalue weighted by Gasteiger charge is -2.17. The summed E-state index contributed by atoms with van der Waals surface area (Å²) in [5.74, 6) is -0.775. The smallest absolute Gasteiger partial charge is 0.328 e. The fourth-order valence-corrected chi connectivity index (χ4v) is 2.50. The molecule has 0 saturated heterocycles. The van der Waals surface area contributed by atoms with Gasteiger partial charge in [0, 0.05) is 16.5 Å². The van der Waals surface area contributed by atoms with Gasteiger partial charge in [0.05, 0.1) is 7.11 Å². The number of hydrogen-bond acceptors (Lipinski definition) is 3. The third kappa shape index (κ3) is 4.18. The van der Waals surface area contributed by atoms with Crippen LogP contribution in [0.1, 0.15) is 15.9 Å². The van der Waals surface area contributed by atoms with E-state index in [4.69, 9.17) is 4.74 Å². The topological polar surface area (TPSA) is 55.4 Å². The second-order valence-corrected chi connectivity index (χ2v) is 5.57. The molecule has 114 valence electrons. The molecular formula is C17H16BrNO3. The largest absolute Gasteiger partial charge is 0.467 e. The Bertz CT molecular complexity index is 658. The predicted molar refractivity (Wildman–Crippen MR) is 87.6 cm³/mol. The van der Waals surface area contributed by atoms with E-state index in [1.165, 1.54) is 7.11 Å². The minimum Gasteiger partial charge on any atom is -0.467 e. The van der Waals surface area contributed by atoms with Crippen molar-refractivity contribution in [3.05, 3.63) is 70.2 Å². The molecule has 22 heavy (non-hydrogen) atoms. The van der Waals surface area contributed by atoms with Gasteiger partial charge in [-0.3, -0.25) is 4.79 Å². The van der Waals surface area contributed by atoms with Crippen molar-refractivity contribution < 1.29 is 14.3 Å². The summed E-state index contributed by atoms with van der Waals surface area (Å²) in [4.78, 5) is 24.2. The van der Waals surface area contributed by atoms with Crippen LogP contribution in [0.2, 0.25) is 0 Å². The van der Waals surface area contributed by atoms with E-state index in [2.05, 4.69) is 21.2 Å². The number of rotatable bonds is 5. The van der Waals surface area contributed by atoms with Crippen molar-refractivity contribution in [2.45, 2.75) is 12.5 Å². The van der Waals surface area contributed by atoms with Crippen molar-refractivity contribution in [1.82, 2.24) is 5.32 Å². The lowest BCUT2D eigenvalue weighted by Crippen LogP contribution is -2.43. The Labute approximate surface area is 137 Å². The molecule has 0 fully saturated rings. The number of ether oxygens (including phenoxy) is 1. The molecule has 0 heterocycles. The highest BCUT2D eigenvalue weighted by atomic mass is 79.9. The number of benzene rings is 2. The molecule has 0 aliphatic carbocycles. The summed E-state index contributed by atoms with van der Waals surface area (Å²) in [6, 6.07) is 15.6. The Kier molecular flexibility index (Phi) is 5.72. The van der Waals surface area contributed by atoms with Crippen molar-refractivity contribution in [1.29, 1.82) is 0 Å². The number of nitrogens with one attached hydrogen (secondary N) is 1. The molecule has 1 atom stereocenters. The molecule has 4 nitrogen and oxygen atoms in total. The summed E-state index contributed by atoms with van der Waals surface area (Å²) in [5, 5.41) is 2.73. The quantitative estimate of drug-likeness (QED) is 0.833. The maximum Gasteiger partial charge on any atom is 0.328 e. The van der Waals surface area contributed by atoms with Crippen LogP contribution in [0.3, 0.4) is 0 Å². The Balaban J connectivity index is 2.15. The SMILES string of the molecule is COC(=O)[C@H](Cc1ccccc1Br)NC(=O)c1ccccc1. The van der Waals surface area contributed by atoms with Crippen molar-refractivity contribution in [2.24, 2.45) is 0 Å². The molecule has 2 aromatic carbocycles. The van der Waals surface area contributed by atoms with E-state index in [0.717, 1.165) is 10.0 Å². The molecular weight excluding hydrogens is 346 g/mol. The summed E-state index contributed by atoms with van der Waals surface area (Å²) >= 11 is 3.44. The molecule has 2 rings (SSSR count). The maximum atomic E-state index is 12.2. The molecule has 5 heteroatoms. The van der Waals surface area contributed by atoms with Crippen LogP contribution in [0, 0.1) is 0 Å². The van der Waals surface area contributed by atoms with Gasteiger partial charge in [0.2, 0.25) is 0 Å². The number of hydrogen-bond donors (Lipinski definition) is 1. The number of carbonyl (C=O) groups excluding carboxylic acids is 2. The Hall–Kier alpha value is -2.14. The number of esters is 1. The van der Waals surface area contributed by atoms with Crippen LogP contribution in [0.4, 0.5) is 0 Å². The van der Waals surface area contributed by atoms with E-state index in [-0.39, 0.29) is 5.91 Å². The van der Waals surface area contributed by atoms with E-state index in [1.54, 1.807) is 24.3 Å². The Morgan fingerprint density at radius 2 is 1.73 bits per heavy atom. The molecule has 0 spiro atoms. The Morgan fingerprint density at radius 3 is 2.36 bits per heavy atom. The molecule has 0 aliphatic rings. The lowest BCUT2D eigenvalue weighted by atomic mass is 10.1. The summed E-state index contributed by atoms with van der Waals surface area (Å²) in [7, 11) is 1.31. The zero-order chi connectivity index (χ0) is 15.9. The molecule has 0 saturated carbocycles. The van der Waals surface area contributed by atoms with Gasteiger partial charge >= 0.3 is 5.97 Å². The fourth-order valence-electron chi connectivity index (χ4n) is 2.05. The molecule has 0 radical (unpaired) electrons. The standard InChI is InChI=1S/C17H16BrNO3/c1-22-17(21)15(11-13-9-5-6-10-14(13)18)19-16(20)12-7-3-2-4-8-12/h2-10,15H,11H2,1H3,(H,19,20)/t15-/m0/s1. The van der Waals surface area contributed by atoms with Crippen molar-refractivity contribution in [3.63, 3.8) is 0 Å². The third-order valence-corrected chi connectivity index (χ3v) is 3.98. The van der Waals surface area contributed by atoms with E-state index < -0.39 is 12.0 Å². The van der Waals surface area contributed by atoms with Gasteiger partial charge in [-0.2, -0.15) is 0 Å². The first-order valence-electron chi connectivity index (χ1n) is 6.79. The number of amides is 1. The first kappa shape index (κ1) is 16.2. The van der Waals surface area contributed by atoms with Gasteiger partial charge in [-0.15, -0.1) is 0 Å². The highest BCUT2D eigenvalue weighted by molar-refractivity contribution is 9.10. The van der Waals surface area contributed by atoms with Gasteiger partial charge in [-0.1, -0.05) is 52.3 Å². The average Bonchev–Trinajstić information content (AvgIpc) is 2.56.